The van der Waals surface area contributed by atoms with Crippen molar-refractivity contribution in [3.05, 3.63) is 0 Å². The van der Waals surface area contributed by atoms with Crippen LogP contribution in [0.5, 0.6) is 0 Å². The van der Waals surface area contributed by atoms with Gasteiger partial charge in [-0.05, 0) is 18.3 Å². The molecule has 0 unspecified atom stereocenters. The van der Waals surface area contributed by atoms with Crippen molar-refractivity contribution in [2.75, 3.05) is 26.3 Å². The van der Waals surface area contributed by atoms with E-state index in [9.17, 15) is 4.79 Å². The number of hydrogen-bond acceptors (Lipinski definition) is 3. The number of ether oxygens (including phenoxy) is 1. The molecule has 3 N–H and O–H groups in total. The van der Waals surface area contributed by atoms with Crippen LogP contribution < -0.4 is 11.1 Å². The van der Waals surface area contributed by atoms with Gasteiger partial charge in [-0.1, -0.05) is 26.2 Å². The first kappa shape index (κ1) is 13.5. The van der Waals surface area contributed by atoms with Gasteiger partial charge in [0.25, 0.3) is 0 Å². The number of nitrogens with two attached hydrogens (primary N) is 1. The van der Waals surface area contributed by atoms with E-state index in [1.165, 1.54) is 32.1 Å². The lowest BCUT2D eigenvalue weighted by atomic mass is 9.76. The summed E-state index contributed by atoms with van der Waals surface area (Å²) in [4.78, 5) is 11.4. The number of hydrogen-bond donors (Lipinski definition) is 2. The molecule has 0 aromatic heterocycles. The van der Waals surface area contributed by atoms with E-state index in [2.05, 4.69) is 12.2 Å². The summed E-state index contributed by atoms with van der Waals surface area (Å²) in [5.74, 6) is -0.0275. The molecule has 94 valence electrons. The highest BCUT2D eigenvalue weighted by atomic mass is 16.5. The summed E-state index contributed by atoms with van der Waals surface area (Å²) in [5, 5.41) is 2.95. The van der Waals surface area contributed by atoms with Crippen LogP contribution >= 0.6 is 0 Å². The van der Waals surface area contributed by atoms with Gasteiger partial charge in [0.15, 0.2) is 0 Å². The lowest BCUT2D eigenvalue weighted by Crippen LogP contribution is -2.38. The number of amides is 1. The smallest absolute Gasteiger partial charge is 0.246 e. The van der Waals surface area contributed by atoms with Crippen molar-refractivity contribution in [1.82, 2.24) is 5.32 Å². The largest absolute Gasteiger partial charge is 0.370 e. The van der Waals surface area contributed by atoms with Crippen LogP contribution in [0.2, 0.25) is 0 Å². The molecule has 1 amide bonds. The maximum Gasteiger partial charge on any atom is 0.246 e. The van der Waals surface area contributed by atoms with Crippen molar-refractivity contribution in [1.29, 1.82) is 0 Å². The summed E-state index contributed by atoms with van der Waals surface area (Å²) < 4.78 is 5.08. The Morgan fingerprint density at radius 1 is 1.38 bits per heavy atom. The molecule has 0 heterocycles. The van der Waals surface area contributed by atoms with Crippen molar-refractivity contribution >= 4 is 5.91 Å². The van der Waals surface area contributed by atoms with Gasteiger partial charge >= 0.3 is 0 Å². The van der Waals surface area contributed by atoms with E-state index in [-0.39, 0.29) is 12.5 Å². The zero-order valence-corrected chi connectivity index (χ0v) is 10.3. The van der Waals surface area contributed by atoms with E-state index in [0.717, 1.165) is 6.54 Å². The van der Waals surface area contributed by atoms with Crippen LogP contribution in [0.3, 0.4) is 0 Å². The Bertz CT molecular complexity index is 213. The molecule has 1 fully saturated rings. The number of carbonyl (C=O) groups is 1. The highest BCUT2D eigenvalue weighted by Crippen LogP contribution is 2.34. The van der Waals surface area contributed by atoms with Crippen molar-refractivity contribution < 1.29 is 9.53 Å². The average Bonchev–Trinajstić information content (AvgIpc) is 2.28. The third-order valence-corrected chi connectivity index (χ3v) is 3.27. The number of nitrogens with one attached hydrogen (secondary N) is 1. The first-order valence-electron chi connectivity index (χ1n) is 6.21. The summed E-state index contributed by atoms with van der Waals surface area (Å²) in [6, 6.07) is 0. The molecule has 1 aliphatic rings. The van der Waals surface area contributed by atoms with Crippen molar-refractivity contribution in [2.45, 2.75) is 39.0 Å². The SMILES string of the molecule is CC1(CNC(=O)COCCN)CCCCC1. The minimum absolute atomic E-state index is 0.0275. The molecule has 0 aliphatic heterocycles. The molecule has 0 radical (unpaired) electrons. The Morgan fingerprint density at radius 3 is 2.69 bits per heavy atom. The highest BCUT2D eigenvalue weighted by Gasteiger charge is 2.26. The number of rotatable bonds is 6. The molecule has 0 spiro atoms. The summed E-state index contributed by atoms with van der Waals surface area (Å²) in [6.07, 6.45) is 6.35. The molecular weight excluding hydrogens is 204 g/mol. The van der Waals surface area contributed by atoms with Gasteiger partial charge in [0.2, 0.25) is 5.91 Å². The second-order valence-electron chi connectivity index (χ2n) is 4.99. The van der Waals surface area contributed by atoms with E-state index in [1.54, 1.807) is 0 Å². The van der Waals surface area contributed by atoms with Gasteiger partial charge in [-0.15, -0.1) is 0 Å². The van der Waals surface area contributed by atoms with Crippen molar-refractivity contribution in [3.8, 4) is 0 Å². The van der Waals surface area contributed by atoms with Crippen LogP contribution in [0.1, 0.15) is 39.0 Å². The van der Waals surface area contributed by atoms with Crippen LogP contribution in [0.15, 0.2) is 0 Å². The highest BCUT2D eigenvalue weighted by molar-refractivity contribution is 5.77. The maximum atomic E-state index is 11.4. The normalized spacial score (nSPS) is 19.4. The third-order valence-electron chi connectivity index (χ3n) is 3.27. The summed E-state index contributed by atoms with van der Waals surface area (Å²) in [6.45, 7) is 4.08. The standard InChI is InChI=1S/C12H24N2O2/c1-12(5-3-2-4-6-12)10-14-11(15)9-16-8-7-13/h2-10,13H2,1H3,(H,14,15). The quantitative estimate of drug-likeness (QED) is 0.668. The molecule has 4 heteroatoms. The second kappa shape index (κ2) is 6.86. The Hall–Kier alpha value is -0.610. The van der Waals surface area contributed by atoms with Crippen LogP contribution in [0.4, 0.5) is 0 Å². The molecule has 0 aromatic rings. The maximum absolute atomic E-state index is 11.4. The second-order valence-corrected chi connectivity index (χ2v) is 4.99. The average molecular weight is 228 g/mol. The first-order valence-corrected chi connectivity index (χ1v) is 6.21. The molecule has 4 nitrogen and oxygen atoms in total. The molecule has 0 aromatic carbocycles. The van der Waals surface area contributed by atoms with Gasteiger partial charge < -0.3 is 15.8 Å². The van der Waals surface area contributed by atoms with Gasteiger partial charge in [0, 0.05) is 13.1 Å². The lowest BCUT2D eigenvalue weighted by molar-refractivity contribution is -0.126. The van der Waals surface area contributed by atoms with Crippen molar-refractivity contribution in [3.63, 3.8) is 0 Å². The summed E-state index contributed by atoms with van der Waals surface area (Å²) in [5.41, 5.74) is 5.56. The topological polar surface area (TPSA) is 64.3 Å². The molecule has 0 bridgehead atoms. The molecule has 1 saturated carbocycles. The van der Waals surface area contributed by atoms with Gasteiger partial charge in [-0.2, -0.15) is 0 Å². The van der Waals surface area contributed by atoms with E-state index < -0.39 is 0 Å². The Morgan fingerprint density at radius 2 is 2.06 bits per heavy atom. The van der Waals surface area contributed by atoms with Gasteiger partial charge in [0.1, 0.15) is 6.61 Å². The fourth-order valence-electron chi connectivity index (χ4n) is 2.19. The first-order chi connectivity index (χ1) is 7.66. The van der Waals surface area contributed by atoms with Gasteiger partial charge in [-0.3, -0.25) is 4.79 Å². The Labute approximate surface area is 97.9 Å². The van der Waals surface area contributed by atoms with Crippen LogP contribution in [-0.4, -0.2) is 32.2 Å². The lowest BCUT2D eigenvalue weighted by Gasteiger charge is -2.33. The van der Waals surface area contributed by atoms with Crippen LogP contribution in [0, 0.1) is 5.41 Å². The minimum atomic E-state index is -0.0275. The van der Waals surface area contributed by atoms with E-state index in [4.69, 9.17) is 10.5 Å². The van der Waals surface area contributed by atoms with Crippen LogP contribution in [0.25, 0.3) is 0 Å². The fourth-order valence-corrected chi connectivity index (χ4v) is 2.19. The van der Waals surface area contributed by atoms with Gasteiger partial charge in [0.05, 0.1) is 6.61 Å². The third kappa shape index (κ3) is 4.94. The molecule has 1 aliphatic carbocycles. The van der Waals surface area contributed by atoms with E-state index in [0.29, 0.717) is 18.6 Å². The zero-order chi connectivity index (χ0) is 11.9. The predicted molar refractivity (Wildman–Crippen MR) is 64.1 cm³/mol. The van der Waals surface area contributed by atoms with Gasteiger partial charge in [-0.25, -0.2) is 0 Å². The molecule has 1 rings (SSSR count). The predicted octanol–water partition coefficient (Wildman–Crippen LogP) is 1.05. The Balaban J connectivity index is 2.14. The molecule has 16 heavy (non-hydrogen) atoms. The van der Waals surface area contributed by atoms with E-state index >= 15 is 0 Å². The van der Waals surface area contributed by atoms with Crippen LogP contribution in [-0.2, 0) is 9.53 Å². The molecule has 0 atom stereocenters. The fraction of sp³-hybridized carbons (Fsp3) is 0.917. The van der Waals surface area contributed by atoms with E-state index in [1.807, 2.05) is 0 Å². The molecular formula is C12H24N2O2. The molecule has 0 saturated heterocycles. The Kier molecular flexibility index (Phi) is 5.77. The van der Waals surface area contributed by atoms with Crippen molar-refractivity contribution in [2.24, 2.45) is 11.1 Å². The monoisotopic (exact) mass is 228 g/mol. The number of carbonyl (C=O) groups excluding carboxylic acids is 1. The summed E-state index contributed by atoms with van der Waals surface area (Å²) >= 11 is 0. The minimum Gasteiger partial charge on any atom is -0.370 e. The zero-order valence-electron chi connectivity index (χ0n) is 10.3. The summed E-state index contributed by atoms with van der Waals surface area (Å²) in [7, 11) is 0.